The van der Waals surface area contributed by atoms with Gasteiger partial charge in [0.05, 0.1) is 5.60 Å². The fraction of sp³-hybridized carbons (Fsp3) is 0.500. The first-order chi connectivity index (χ1) is 8.50. The third kappa shape index (κ3) is 3.12. The van der Waals surface area contributed by atoms with E-state index in [1.807, 2.05) is 19.1 Å². The molecular weight excluding hydrogens is 294 g/mol. The Labute approximate surface area is 116 Å². The maximum absolute atomic E-state index is 12.0. The Kier molecular flexibility index (Phi) is 4.07. The summed E-state index contributed by atoms with van der Waals surface area (Å²) >= 11 is 3.41. The van der Waals surface area contributed by atoms with Gasteiger partial charge in [-0.3, -0.25) is 4.79 Å². The third-order valence-corrected chi connectivity index (χ3v) is 4.42. The first-order valence-electron chi connectivity index (χ1n) is 6.27. The first kappa shape index (κ1) is 13.6. The van der Waals surface area contributed by atoms with Gasteiger partial charge in [-0.25, -0.2) is 0 Å². The number of carbonyl (C=O) groups excluding carboxylic acids is 1. The van der Waals surface area contributed by atoms with Gasteiger partial charge in [0.2, 0.25) is 0 Å². The van der Waals surface area contributed by atoms with Crippen molar-refractivity contribution in [2.75, 3.05) is 6.54 Å². The van der Waals surface area contributed by atoms with Gasteiger partial charge in [0.1, 0.15) is 0 Å². The summed E-state index contributed by atoms with van der Waals surface area (Å²) in [5.41, 5.74) is 0.972. The predicted octanol–water partition coefficient (Wildman–Crippen LogP) is 2.79. The molecule has 3 nitrogen and oxygen atoms in total. The van der Waals surface area contributed by atoms with Crippen molar-refractivity contribution in [2.45, 2.75) is 38.2 Å². The summed E-state index contributed by atoms with van der Waals surface area (Å²) in [5.74, 6) is -0.120. The summed E-state index contributed by atoms with van der Waals surface area (Å²) in [4.78, 5) is 12.0. The van der Waals surface area contributed by atoms with Crippen LogP contribution >= 0.6 is 15.9 Å². The van der Waals surface area contributed by atoms with Crippen molar-refractivity contribution in [3.63, 3.8) is 0 Å². The second-order valence-corrected chi connectivity index (χ2v) is 5.93. The van der Waals surface area contributed by atoms with Crippen LogP contribution in [0.2, 0.25) is 0 Å². The van der Waals surface area contributed by atoms with Gasteiger partial charge >= 0.3 is 0 Å². The molecular formula is C14H18BrNO2. The summed E-state index contributed by atoms with van der Waals surface area (Å²) in [5, 5.41) is 13.0. The highest BCUT2D eigenvalue weighted by molar-refractivity contribution is 9.10. The number of aryl methyl sites for hydroxylation is 1. The fourth-order valence-corrected chi connectivity index (χ4v) is 2.59. The molecule has 1 saturated carbocycles. The van der Waals surface area contributed by atoms with Crippen molar-refractivity contribution in [1.82, 2.24) is 5.32 Å². The van der Waals surface area contributed by atoms with E-state index >= 15 is 0 Å². The van der Waals surface area contributed by atoms with E-state index in [9.17, 15) is 9.90 Å². The van der Waals surface area contributed by atoms with E-state index < -0.39 is 5.60 Å². The lowest BCUT2D eigenvalue weighted by Crippen LogP contribution is -2.40. The predicted molar refractivity (Wildman–Crippen MR) is 74.6 cm³/mol. The van der Waals surface area contributed by atoms with Crippen LogP contribution in [0.5, 0.6) is 0 Å². The molecule has 0 bridgehead atoms. The molecule has 0 aromatic heterocycles. The summed E-state index contributed by atoms with van der Waals surface area (Å²) in [6.45, 7) is 2.30. The minimum absolute atomic E-state index is 0.120. The SMILES string of the molecule is Cc1cc(C(=O)NCC2(O)CCCC2)ccc1Br. The molecule has 0 heterocycles. The molecule has 0 spiro atoms. The molecule has 0 unspecified atom stereocenters. The lowest BCUT2D eigenvalue weighted by atomic mass is 10.0. The van der Waals surface area contributed by atoms with Crippen molar-refractivity contribution >= 4 is 21.8 Å². The van der Waals surface area contributed by atoms with Gasteiger partial charge in [0.25, 0.3) is 5.91 Å². The average molecular weight is 312 g/mol. The normalized spacial score (nSPS) is 17.7. The van der Waals surface area contributed by atoms with Crippen LogP contribution in [0.15, 0.2) is 22.7 Å². The van der Waals surface area contributed by atoms with E-state index in [4.69, 9.17) is 0 Å². The van der Waals surface area contributed by atoms with E-state index in [0.717, 1.165) is 35.7 Å². The van der Waals surface area contributed by atoms with E-state index in [-0.39, 0.29) is 5.91 Å². The van der Waals surface area contributed by atoms with E-state index in [1.54, 1.807) is 6.07 Å². The number of benzene rings is 1. The van der Waals surface area contributed by atoms with Crippen molar-refractivity contribution < 1.29 is 9.90 Å². The summed E-state index contributed by atoms with van der Waals surface area (Å²) < 4.78 is 0.994. The van der Waals surface area contributed by atoms with Crippen molar-refractivity contribution in [3.8, 4) is 0 Å². The number of amides is 1. The number of rotatable bonds is 3. The highest BCUT2D eigenvalue weighted by atomic mass is 79.9. The van der Waals surface area contributed by atoms with Gasteiger partial charge < -0.3 is 10.4 Å². The second-order valence-electron chi connectivity index (χ2n) is 5.08. The van der Waals surface area contributed by atoms with Crippen LogP contribution in [0.3, 0.4) is 0 Å². The van der Waals surface area contributed by atoms with Crippen molar-refractivity contribution in [2.24, 2.45) is 0 Å². The fourth-order valence-electron chi connectivity index (χ4n) is 2.34. The van der Waals surface area contributed by atoms with Crippen LogP contribution < -0.4 is 5.32 Å². The molecule has 18 heavy (non-hydrogen) atoms. The molecule has 1 aromatic rings. The Morgan fingerprint density at radius 1 is 1.44 bits per heavy atom. The summed E-state index contributed by atoms with van der Waals surface area (Å²) in [7, 11) is 0. The second kappa shape index (κ2) is 5.41. The zero-order valence-corrected chi connectivity index (χ0v) is 12.1. The molecule has 0 atom stereocenters. The molecule has 1 amide bonds. The summed E-state index contributed by atoms with van der Waals surface area (Å²) in [6.07, 6.45) is 3.66. The van der Waals surface area contributed by atoms with Crippen LogP contribution in [-0.2, 0) is 0 Å². The molecule has 0 saturated heterocycles. The monoisotopic (exact) mass is 311 g/mol. The number of aliphatic hydroxyl groups is 1. The first-order valence-corrected chi connectivity index (χ1v) is 7.06. The van der Waals surface area contributed by atoms with E-state index in [1.165, 1.54) is 0 Å². The third-order valence-electron chi connectivity index (χ3n) is 3.53. The highest BCUT2D eigenvalue weighted by Gasteiger charge is 2.31. The number of carbonyl (C=O) groups is 1. The highest BCUT2D eigenvalue weighted by Crippen LogP contribution is 2.28. The quantitative estimate of drug-likeness (QED) is 0.902. The van der Waals surface area contributed by atoms with Crippen LogP contribution in [0.1, 0.15) is 41.6 Å². The largest absolute Gasteiger partial charge is 0.388 e. The van der Waals surface area contributed by atoms with Gasteiger partial charge in [-0.2, -0.15) is 0 Å². The van der Waals surface area contributed by atoms with Gasteiger partial charge in [-0.1, -0.05) is 28.8 Å². The van der Waals surface area contributed by atoms with Crippen LogP contribution in [0.4, 0.5) is 0 Å². The molecule has 1 fully saturated rings. The molecule has 1 aromatic carbocycles. The Morgan fingerprint density at radius 3 is 2.72 bits per heavy atom. The molecule has 0 aliphatic heterocycles. The Morgan fingerprint density at radius 2 is 2.11 bits per heavy atom. The number of halogens is 1. The zero-order valence-electron chi connectivity index (χ0n) is 10.5. The van der Waals surface area contributed by atoms with E-state index in [0.29, 0.717) is 12.1 Å². The van der Waals surface area contributed by atoms with Crippen molar-refractivity contribution in [1.29, 1.82) is 0 Å². The minimum Gasteiger partial charge on any atom is -0.388 e. The number of hydrogen-bond acceptors (Lipinski definition) is 2. The molecule has 0 radical (unpaired) electrons. The lowest BCUT2D eigenvalue weighted by molar-refractivity contribution is 0.0449. The van der Waals surface area contributed by atoms with Gasteiger partial charge in [-0.15, -0.1) is 0 Å². The molecule has 2 N–H and O–H groups in total. The van der Waals surface area contributed by atoms with Gasteiger partial charge in [0, 0.05) is 16.6 Å². The standard InChI is InChI=1S/C14H18BrNO2/c1-10-8-11(4-5-12(10)15)13(17)16-9-14(18)6-2-3-7-14/h4-5,8,18H,2-3,6-7,9H2,1H3,(H,16,17). The van der Waals surface area contributed by atoms with Gasteiger partial charge in [0.15, 0.2) is 0 Å². The topological polar surface area (TPSA) is 49.3 Å². The molecule has 1 aliphatic carbocycles. The Bertz CT molecular complexity index is 453. The van der Waals surface area contributed by atoms with Crippen LogP contribution in [-0.4, -0.2) is 23.2 Å². The molecule has 98 valence electrons. The maximum Gasteiger partial charge on any atom is 0.251 e. The molecule has 1 aliphatic rings. The smallest absolute Gasteiger partial charge is 0.251 e. The maximum atomic E-state index is 12.0. The molecule has 4 heteroatoms. The number of nitrogens with one attached hydrogen (secondary N) is 1. The Hall–Kier alpha value is -0.870. The van der Waals surface area contributed by atoms with Crippen molar-refractivity contribution in [3.05, 3.63) is 33.8 Å². The van der Waals surface area contributed by atoms with Gasteiger partial charge in [-0.05, 0) is 43.5 Å². The van der Waals surface area contributed by atoms with Crippen LogP contribution in [0, 0.1) is 6.92 Å². The van der Waals surface area contributed by atoms with Crippen LogP contribution in [0.25, 0.3) is 0 Å². The Balaban J connectivity index is 1.97. The zero-order chi connectivity index (χ0) is 13.2. The van der Waals surface area contributed by atoms with E-state index in [2.05, 4.69) is 21.2 Å². The minimum atomic E-state index is -0.694. The average Bonchev–Trinajstić information content (AvgIpc) is 2.77. The lowest BCUT2D eigenvalue weighted by Gasteiger charge is -2.22. The molecule has 2 rings (SSSR count). The number of hydrogen-bond donors (Lipinski definition) is 2. The summed E-state index contributed by atoms with van der Waals surface area (Å²) in [6, 6.07) is 5.50.